The van der Waals surface area contributed by atoms with Crippen molar-refractivity contribution >= 4 is 11.8 Å². The monoisotopic (exact) mass is 244 g/mol. The molecule has 96 valence electrons. The Morgan fingerprint density at radius 1 is 1.19 bits per heavy atom. The lowest BCUT2D eigenvalue weighted by atomic mass is 9.82. The molecule has 1 unspecified atom stereocenters. The van der Waals surface area contributed by atoms with Crippen molar-refractivity contribution < 1.29 is 4.74 Å². The molecule has 1 heterocycles. The van der Waals surface area contributed by atoms with Gasteiger partial charge in [0.05, 0.1) is 12.0 Å². The lowest BCUT2D eigenvalue weighted by molar-refractivity contribution is 0.0959. The van der Waals surface area contributed by atoms with Gasteiger partial charge >= 0.3 is 0 Å². The fourth-order valence-corrected chi connectivity index (χ4v) is 2.97. The van der Waals surface area contributed by atoms with Gasteiger partial charge in [-0.2, -0.15) is 0 Å². The lowest BCUT2D eigenvalue weighted by Gasteiger charge is -2.24. The summed E-state index contributed by atoms with van der Waals surface area (Å²) in [6.07, 6.45) is 12.2. The van der Waals surface area contributed by atoms with E-state index in [1.54, 1.807) is 0 Å². The third-order valence-electron chi connectivity index (χ3n) is 3.55. The van der Waals surface area contributed by atoms with Gasteiger partial charge in [0, 0.05) is 0 Å². The predicted octanol–water partition coefficient (Wildman–Crippen LogP) is 4.85. The normalized spacial score (nSPS) is 25.5. The van der Waals surface area contributed by atoms with Gasteiger partial charge in [0.1, 0.15) is 0 Å². The van der Waals surface area contributed by atoms with Crippen LogP contribution in [0.1, 0.15) is 65.2 Å². The first-order chi connectivity index (χ1) is 7.83. The van der Waals surface area contributed by atoms with Gasteiger partial charge in [-0.3, -0.25) is 0 Å². The Morgan fingerprint density at radius 2 is 2.00 bits per heavy atom. The fourth-order valence-electron chi connectivity index (χ4n) is 2.02. The highest BCUT2D eigenvalue weighted by Crippen LogP contribution is 2.30. The van der Waals surface area contributed by atoms with Crippen LogP contribution in [0.3, 0.4) is 0 Å². The second kappa shape index (κ2) is 9.35. The van der Waals surface area contributed by atoms with Gasteiger partial charge in [-0.1, -0.05) is 51.9 Å². The summed E-state index contributed by atoms with van der Waals surface area (Å²) < 4.78 is 5.24. The van der Waals surface area contributed by atoms with Crippen LogP contribution < -0.4 is 0 Å². The third kappa shape index (κ3) is 6.80. The van der Waals surface area contributed by atoms with E-state index in [9.17, 15) is 0 Å². The molecule has 0 radical (unpaired) electrons. The highest BCUT2D eigenvalue weighted by Gasteiger charge is 2.15. The van der Waals surface area contributed by atoms with Gasteiger partial charge in [-0.25, -0.2) is 0 Å². The zero-order valence-electron chi connectivity index (χ0n) is 11.0. The zero-order valence-corrected chi connectivity index (χ0v) is 11.9. The average Bonchev–Trinajstić information content (AvgIpc) is 2.24. The molecule has 1 aliphatic carbocycles. The van der Waals surface area contributed by atoms with Gasteiger partial charge in [0.2, 0.25) is 0 Å². The van der Waals surface area contributed by atoms with Gasteiger partial charge < -0.3 is 4.74 Å². The standard InChI is InChI=1S/C9H18.C5H10OS/c1-2-3-4-6-9-7-5-8-9;1-5-2-3-7-4-6-5/h9H,2-8H2,1H3;5H,2-4H2,1H3. The highest BCUT2D eigenvalue weighted by atomic mass is 32.2. The van der Waals surface area contributed by atoms with Crippen LogP contribution in [0.2, 0.25) is 0 Å². The van der Waals surface area contributed by atoms with Crippen molar-refractivity contribution in [3.8, 4) is 0 Å². The van der Waals surface area contributed by atoms with E-state index in [-0.39, 0.29) is 0 Å². The number of rotatable bonds is 4. The Labute approximate surface area is 106 Å². The molecule has 0 amide bonds. The van der Waals surface area contributed by atoms with Crippen LogP contribution >= 0.6 is 11.8 Å². The van der Waals surface area contributed by atoms with Crippen LogP contribution in [0.4, 0.5) is 0 Å². The Hall–Kier alpha value is 0.310. The Morgan fingerprint density at radius 3 is 2.38 bits per heavy atom. The average molecular weight is 244 g/mol. The molecular weight excluding hydrogens is 216 g/mol. The van der Waals surface area contributed by atoms with Gasteiger partial charge in [0.25, 0.3) is 0 Å². The van der Waals surface area contributed by atoms with Crippen LogP contribution in [0.5, 0.6) is 0 Å². The van der Waals surface area contributed by atoms with E-state index >= 15 is 0 Å². The number of thioether (sulfide) groups is 1. The summed E-state index contributed by atoms with van der Waals surface area (Å²) in [7, 11) is 0. The number of unbranched alkanes of at least 4 members (excludes halogenated alkanes) is 2. The highest BCUT2D eigenvalue weighted by molar-refractivity contribution is 7.99. The first-order valence-corrected chi connectivity index (χ1v) is 8.17. The second-order valence-corrected chi connectivity index (χ2v) is 6.14. The molecule has 0 N–H and O–H groups in total. The molecule has 2 rings (SSSR count). The van der Waals surface area contributed by atoms with Crippen molar-refractivity contribution in [2.45, 2.75) is 71.3 Å². The minimum Gasteiger partial charge on any atom is -0.368 e. The largest absolute Gasteiger partial charge is 0.368 e. The van der Waals surface area contributed by atoms with E-state index in [1.165, 1.54) is 57.1 Å². The second-order valence-electron chi connectivity index (χ2n) is 5.08. The first kappa shape index (κ1) is 14.4. The first-order valence-electron chi connectivity index (χ1n) is 7.02. The van der Waals surface area contributed by atoms with E-state index < -0.39 is 0 Å². The Kier molecular flexibility index (Phi) is 8.40. The zero-order chi connectivity index (χ0) is 11.6. The topological polar surface area (TPSA) is 9.23 Å². The van der Waals surface area contributed by atoms with Gasteiger partial charge in [0.15, 0.2) is 0 Å². The van der Waals surface area contributed by atoms with Crippen LogP contribution in [0.15, 0.2) is 0 Å². The Balaban J connectivity index is 0.000000165. The molecule has 0 spiro atoms. The van der Waals surface area contributed by atoms with Crippen LogP contribution in [-0.4, -0.2) is 17.8 Å². The van der Waals surface area contributed by atoms with Crippen molar-refractivity contribution in [1.29, 1.82) is 0 Å². The van der Waals surface area contributed by atoms with E-state index in [0.717, 1.165) is 11.9 Å². The van der Waals surface area contributed by atoms with E-state index in [0.29, 0.717) is 6.10 Å². The van der Waals surface area contributed by atoms with Gasteiger partial charge in [-0.05, 0) is 25.0 Å². The molecule has 2 heteroatoms. The number of ether oxygens (including phenoxy) is 1. The maximum Gasteiger partial charge on any atom is 0.0924 e. The van der Waals surface area contributed by atoms with E-state index in [4.69, 9.17) is 4.74 Å². The molecule has 0 aromatic carbocycles. The molecule has 0 bridgehead atoms. The molecule has 2 fully saturated rings. The lowest BCUT2D eigenvalue weighted by Crippen LogP contribution is -2.13. The smallest absolute Gasteiger partial charge is 0.0924 e. The Bertz CT molecular complexity index is 151. The molecule has 2 aliphatic rings. The number of hydrogen-bond acceptors (Lipinski definition) is 2. The summed E-state index contributed by atoms with van der Waals surface area (Å²) >= 11 is 1.88. The molecule has 1 aliphatic heterocycles. The molecule has 0 aromatic rings. The predicted molar refractivity (Wildman–Crippen MR) is 74.0 cm³/mol. The van der Waals surface area contributed by atoms with E-state index in [2.05, 4.69) is 13.8 Å². The molecule has 1 saturated carbocycles. The molecule has 1 atom stereocenters. The molecular formula is C14H28OS. The quantitative estimate of drug-likeness (QED) is 0.654. The third-order valence-corrected chi connectivity index (χ3v) is 4.37. The number of hydrogen-bond donors (Lipinski definition) is 0. The van der Waals surface area contributed by atoms with Crippen molar-refractivity contribution in [2.24, 2.45) is 5.92 Å². The summed E-state index contributed by atoms with van der Waals surface area (Å²) in [5.74, 6) is 3.32. The van der Waals surface area contributed by atoms with Crippen molar-refractivity contribution in [2.75, 3.05) is 11.7 Å². The molecule has 16 heavy (non-hydrogen) atoms. The van der Waals surface area contributed by atoms with Gasteiger partial charge in [-0.15, -0.1) is 11.8 Å². The maximum atomic E-state index is 5.24. The minimum atomic E-state index is 0.515. The summed E-state index contributed by atoms with van der Waals surface area (Å²) in [5.41, 5.74) is 0. The molecule has 1 saturated heterocycles. The molecule has 0 aromatic heterocycles. The van der Waals surface area contributed by atoms with Crippen molar-refractivity contribution in [3.05, 3.63) is 0 Å². The maximum absolute atomic E-state index is 5.24. The van der Waals surface area contributed by atoms with Crippen LogP contribution in [-0.2, 0) is 4.74 Å². The van der Waals surface area contributed by atoms with Crippen molar-refractivity contribution in [1.82, 2.24) is 0 Å². The summed E-state index contributed by atoms with van der Waals surface area (Å²) in [4.78, 5) is 0. The summed E-state index contributed by atoms with van der Waals surface area (Å²) in [6.45, 7) is 4.40. The fraction of sp³-hybridized carbons (Fsp3) is 1.00. The SMILES string of the molecule is CC1CCSCO1.CCCCCC1CCC1. The van der Waals surface area contributed by atoms with Crippen LogP contribution in [0.25, 0.3) is 0 Å². The van der Waals surface area contributed by atoms with E-state index in [1.807, 2.05) is 11.8 Å². The van der Waals surface area contributed by atoms with Crippen LogP contribution in [0, 0.1) is 5.92 Å². The summed E-state index contributed by atoms with van der Waals surface area (Å²) in [6, 6.07) is 0. The van der Waals surface area contributed by atoms with Crippen molar-refractivity contribution in [3.63, 3.8) is 0 Å². The summed E-state index contributed by atoms with van der Waals surface area (Å²) in [5, 5.41) is 0. The minimum absolute atomic E-state index is 0.515. The molecule has 1 nitrogen and oxygen atoms in total.